The number of anilines is 1. The van der Waals surface area contributed by atoms with E-state index in [1.54, 1.807) is 4.68 Å². The zero-order valence-electron chi connectivity index (χ0n) is 12.8. The molecule has 1 aromatic rings. The molecule has 0 aliphatic carbocycles. The van der Waals surface area contributed by atoms with Gasteiger partial charge in [0.15, 0.2) is 0 Å². The number of aromatic nitrogens is 2. The summed E-state index contributed by atoms with van der Waals surface area (Å²) in [6.07, 6.45) is 1.13. The van der Waals surface area contributed by atoms with Gasteiger partial charge in [-0.3, -0.25) is 14.4 Å². The summed E-state index contributed by atoms with van der Waals surface area (Å²) in [6.45, 7) is 4.58. The van der Waals surface area contributed by atoms with Crippen LogP contribution in [-0.2, 0) is 23.3 Å². The fourth-order valence-electron chi connectivity index (χ4n) is 2.93. The number of likely N-dealkylation sites (N-methyl/N-ethyl adjacent to an activating group) is 1. The molecule has 3 rings (SSSR count). The van der Waals surface area contributed by atoms with Gasteiger partial charge in [0.2, 0.25) is 5.91 Å². The van der Waals surface area contributed by atoms with Crippen LogP contribution in [-0.4, -0.2) is 65.3 Å². The number of nitrogens with one attached hydrogen (secondary N) is 1. The normalized spacial score (nSPS) is 20.3. The van der Waals surface area contributed by atoms with Gasteiger partial charge in [-0.1, -0.05) is 0 Å². The number of hydrogen-bond donors (Lipinski definition) is 1. The largest absolute Gasteiger partial charge is 0.310 e. The highest BCUT2D eigenvalue weighted by atomic mass is 32.2. The van der Waals surface area contributed by atoms with Crippen LogP contribution >= 0.6 is 11.8 Å². The van der Waals surface area contributed by atoms with Gasteiger partial charge in [-0.2, -0.15) is 16.9 Å². The van der Waals surface area contributed by atoms with E-state index in [0.29, 0.717) is 6.54 Å². The Bertz CT molecular complexity index is 530. The third-order valence-corrected chi connectivity index (χ3v) is 5.12. The van der Waals surface area contributed by atoms with Crippen LogP contribution in [0.15, 0.2) is 0 Å². The monoisotopic (exact) mass is 309 g/mol. The van der Waals surface area contributed by atoms with Gasteiger partial charge in [0, 0.05) is 37.2 Å². The summed E-state index contributed by atoms with van der Waals surface area (Å²) in [5.41, 5.74) is 2.32. The van der Waals surface area contributed by atoms with Gasteiger partial charge in [0.1, 0.15) is 5.82 Å². The van der Waals surface area contributed by atoms with Crippen molar-refractivity contribution in [3.63, 3.8) is 0 Å². The van der Waals surface area contributed by atoms with E-state index in [4.69, 9.17) is 0 Å². The average molecular weight is 309 g/mol. The van der Waals surface area contributed by atoms with Crippen molar-refractivity contribution >= 4 is 23.5 Å². The average Bonchev–Trinajstić information content (AvgIpc) is 2.92. The number of fused-ring (bicyclic) bond motifs is 1. The molecule has 2 aliphatic heterocycles. The predicted molar refractivity (Wildman–Crippen MR) is 85.4 cm³/mol. The van der Waals surface area contributed by atoms with E-state index in [9.17, 15) is 4.79 Å². The molecule has 1 saturated heterocycles. The molecule has 21 heavy (non-hydrogen) atoms. The van der Waals surface area contributed by atoms with Crippen molar-refractivity contribution in [1.82, 2.24) is 19.6 Å². The lowest BCUT2D eigenvalue weighted by molar-refractivity contribution is -0.117. The molecular formula is C14H23N5OS. The van der Waals surface area contributed by atoms with E-state index in [2.05, 4.69) is 27.3 Å². The summed E-state index contributed by atoms with van der Waals surface area (Å²) in [4.78, 5) is 16.9. The van der Waals surface area contributed by atoms with Crippen molar-refractivity contribution in [1.29, 1.82) is 0 Å². The first kappa shape index (κ1) is 14.9. The van der Waals surface area contributed by atoms with E-state index < -0.39 is 0 Å². The number of carbonyl (C=O) groups is 1. The lowest BCUT2D eigenvalue weighted by atomic mass is 10.3. The van der Waals surface area contributed by atoms with Crippen LogP contribution in [0.25, 0.3) is 0 Å². The van der Waals surface area contributed by atoms with Crippen molar-refractivity contribution in [3.8, 4) is 0 Å². The molecule has 1 N–H and O–H groups in total. The molecule has 1 fully saturated rings. The zero-order valence-corrected chi connectivity index (χ0v) is 13.6. The van der Waals surface area contributed by atoms with Gasteiger partial charge in [-0.15, -0.1) is 0 Å². The van der Waals surface area contributed by atoms with Gasteiger partial charge in [0.25, 0.3) is 0 Å². The fraction of sp³-hybridized carbons (Fsp3) is 0.714. The van der Waals surface area contributed by atoms with Gasteiger partial charge < -0.3 is 10.2 Å². The highest BCUT2D eigenvalue weighted by Gasteiger charge is 2.23. The minimum absolute atomic E-state index is 0.0715. The molecule has 0 spiro atoms. The molecule has 0 unspecified atom stereocenters. The van der Waals surface area contributed by atoms with Crippen molar-refractivity contribution in [3.05, 3.63) is 11.3 Å². The Labute approximate surface area is 129 Å². The second-order valence-corrected chi connectivity index (χ2v) is 6.86. The van der Waals surface area contributed by atoms with E-state index in [1.807, 2.05) is 18.8 Å². The van der Waals surface area contributed by atoms with Crippen molar-refractivity contribution in [2.75, 3.05) is 45.1 Å². The number of aryl methyl sites for hydroxylation is 1. The molecule has 6 nitrogen and oxygen atoms in total. The van der Waals surface area contributed by atoms with Crippen LogP contribution in [0.2, 0.25) is 0 Å². The summed E-state index contributed by atoms with van der Waals surface area (Å²) in [6, 6.07) is 0. The van der Waals surface area contributed by atoms with Gasteiger partial charge in [0.05, 0.1) is 12.2 Å². The smallest absolute Gasteiger partial charge is 0.239 e. The van der Waals surface area contributed by atoms with Crippen LogP contribution in [0.5, 0.6) is 0 Å². The van der Waals surface area contributed by atoms with Gasteiger partial charge in [-0.25, -0.2) is 0 Å². The molecule has 1 aromatic heterocycles. The number of amides is 1. The Balaban J connectivity index is 1.59. The van der Waals surface area contributed by atoms with Gasteiger partial charge in [-0.05, 0) is 26.6 Å². The molecule has 0 aromatic carbocycles. The van der Waals surface area contributed by atoms with Gasteiger partial charge >= 0.3 is 0 Å². The molecule has 0 radical (unpaired) electrons. The molecule has 7 heteroatoms. The maximum absolute atomic E-state index is 12.3. The number of nitrogens with zero attached hydrogens (tertiary/aromatic N) is 4. The first-order valence-corrected chi connectivity index (χ1v) is 8.62. The van der Waals surface area contributed by atoms with E-state index in [-0.39, 0.29) is 5.91 Å². The number of rotatable bonds is 3. The Kier molecular flexibility index (Phi) is 4.51. The van der Waals surface area contributed by atoms with E-state index in [1.165, 1.54) is 5.56 Å². The quantitative estimate of drug-likeness (QED) is 0.893. The van der Waals surface area contributed by atoms with Crippen molar-refractivity contribution in [2.24, 2.45) is 7.05 Å². The van der Waals surface area contributed by atoms with Crippen molar-refractivity contribution < 1.29 is 4.79 Å². The second-order valence-electron chi connectivity index (χ2n) is 5.87. The number of hydrogen-bond acceptors (Lipinski definition) is 5. The highest BCUT2D eigenvalue weighted by Crippen LogP contribution is 2.34. The van der Waals surface area contributed by atoms with Crippen LogP contribution in [0, 0.1) is 0 Å². The minimum Gasteiger partial charge on any atom is -0.310 e. The summed E-state index contributed by atoms with van der Waals surface area (Å²) in [5.74, 6) is 2.86. The Morgan fingerprint density at radius 2 is 2.10 bits per heavy atom. The molecule has 2 aliphatic rings. The first-order valence-electron chi connectivity index (χ1n) is 7.46. The maximum Gasteiger partial charge on any atom is 0.239 e. The molecule has 0 saturated carbocycles. The molecule has 0 atom stereocenters. The second kappa shape index (κ2) is 6.37. The summed E-state index contributed by atoms with van der Waals surface area (Å²) >= 11 is 1.86. The first-order chi connectivity index (χ1) is 10.1. The number of thioether (sulfide) groups is 1. The Morgan fingerprint density at radius 1 is 1.24 bits per heavy atom. The Hall–Kier alpha value is -1.05. The summed E-state index contributed by atoms with van der Waals surface area (Å²) < 4.78 is 1.80. The highest BCUT2D eigenvalue weighted by molar-refractivity contribution is 7.98. The zero-order chi connectivity index (χ0) is 14.8. The lowest BCUT2D eigenvalue weighted by Crippen LogP contribution is -2.36. The van der Waals surface area contributed by atoms with E-state index >= 15 is 0 Å². The number of carbonyl (C=O) groups excluding carboxylic acids is 1. The minimum atomic E-state index is 0.0715. The van der Waals surface area contributed by atoms with Crippen LogP contribution in [0.4, 0.5) is 5.82 Å². The molecule has 1 amide bonds. The maximum atomic E-state index is 12.3. The molecule has 116 valence electrons. The van der Waals surface area contributed by atoms with Crippen LogP contribution < -0.4 is 5.32 Å². The standard InChI is InChI=1S/C14H23N5OS/c1-17-4-3-5-19(7-6-17)8-13(20)15-14-11-9-21-10-12(11)16-18(14)2/h3-10H2,1-2H3,(H,15,20). The summed E-state index contributed by atoms with van der Waals surface area (Å²) in [5, 5.41) is 7.54. The van der Waals surface area contributed by atoms with Crippen LogP contribution in [0.3, 0.4) is 0 Å². The summed E-state index contributed by atoms with van der Waals surface area (Å²) in [7, 11) is 4.04. The molecular weight excluding hydrogens is 286 g/mol. The van der Waals surface area contributed by atoms with Crippen LogP contribution in [0.1, 0.15) is 17.7 Å². The Morgan fingerprint density at radius 3 is 2.95 bits per heavy atom. The third-order valence-electron chi connectivity index (χ3n) is 4.15. The topological polar surface area (TPSA) is 53.4 Å². The molecule has 3 heterocycles. The predicted octanol–water partition coefficient (Wildman–Crippen LogP) is 0.743. The molecule has 0 bridgehead atoms. The van der Waals surface area contributed by atoms with E-state index in [0.717, 1.165) is 55.6 Å². The lowest BCUT2D eigenvalue weighted by Gasteiger charge is -2.19. The fourth-order valence-corrected chi connectivity index (χ4v) is 3.96. The SMILES string of the molecule is CN1CCCN(CC(=O)Nc2c3c(nn2C)CSC3)CC1. The third kappa shape index (κ3) is 3.41. The van der Waals surface area contributed by atoms with Crippen molar-refractivity contribution in [2.45, 2.75) is 17.9 Å².